The first-order valence-electron chi connectivity index (χ1n) is 3.93. The topological polar surface area (TPSA) is 55.8 Å². The van der Waals surface area contributed by atoms with Crippen molar-refractivity contribution in [3.05, 3.63) is 0 Å². The minimum absolute atomic E-state index is 0.0543. The molecule has 0 aromatic carbocycles. The van der Waals surface area contributed by atoms with Crippen LogP contribution in [0.15, 0.2) is 0 Å². The zero-order valence-corrected chi connectivity index (χ0v) is 13.2. The number of phosphoric acid groups is 1. The molecule has 3 unspecified atom stereocenters. The van der Waals surface area contributed by atoms with E-state index < -0.39 is 13.2 Å². The van der Waals surface area contributed by atoms with Crippen molar-refractivity contribution < 1.29 is 18.5 Å². The van der Waals surface area contributed by atoms with E-state index in [1.807, 2.05) is 0 Å². The average Bonchev–Trinajstić information content (AvgIpc) is 2.22. The van der Waals surface area contributed by atoms with Gasteiger partial charge in [0.1, 0.15) is 0 Å². The lowest BCUT2D eigenvalue weighted by Crippen LogP contribution is -2.13. The molecule has 9 heteroatoms. The second-order valence-corrected chi connectivity index (χ2v) is 6.89. The Kier molecular flexibility index (Phi) is 9.66. The van der Waals surface area contributed by atoms with Crippen molar-refractivity contribution in [2.45, 2.75) is 10.2 Å². The first-order chi connectivity index (χ1) is 6.91. The van der Waals surface area contributed by atoms with Crippen LogP contribution in [-0.2, 0) is 13.6 Å². The van der Waals surface area contributed by atoms with Crippen LogP contribution in [0.3, 0.4) is 0 Å². The molecule has 0 aromatic rings. The number of phosphoric ester groups is 1. The Morgan fingerprint density at radius 3 is 2.40 bits per heavy atom. The molecule has 0 aromatic heterocycles. The number of alkyl halides is 4. The number of hydrogen-bond donors (Lipinski definition) is 1. The SMILES string of the molecule is O=P(O)(OCC(Cl)CCl)OCC(Br)CBr. The van der Waals surface area contributed by atoms with Gasteiger partial charge in [-0.1, -0.05) is 31.9 Å². The van der Waals surface area contributed by atoms with Gasteiger partial charge in [0.15, 0.2) is 0 Å². The Morgan fingerprint density at radius 2 is 1.93 bits per heavy atom. The summed E-state index contributed by atoms with van der Waals surface area (Å²) < 4.78 is 20.5. The maximum absolute atomic E-state index is 11.2. The van der Waals surface area contributed by atoms with Gasteiger partial charge in [-0.2, -0.15) is 0 Å². The third-order valence-electron chi connectivity index (χ3n) is 1.17. The quantitative estimate of drug-likeness (QED) is 0.495. The zero-order valence-electron chi connectivity index (χ0n) is 7.61. The smallest absolute Gasteiger partial charge is 0.302 e. The van der Waals surface area contributed by atoms with E-state index in [4.69, 9.17) is 23.2 Å². The summed E-state index contributed by atoms with van der Waals surface area (Å²) >= 11 is 17.4. The molecule has 0 radical (unpaired) electrons. The van der Waals surface area contributed by atoms with Crippen LogP contribution in [0.5, 0.6) is 0 Å². The van der Waals surface area contributed by atoms with Crippen LogP contribution in [0.25, 0.3) is 0 Å². The molecule has 0 amide bonds. The molecule has 0 bridgehead atoms. The summed E-state index contributed by atoms with van der Waals surface area (Å²) in [5, 5.41) is 0.0963. The van der Waals surface area contributed by atoms with E-state index in [1.165, 1.54) is 0 Å². The van der Waals surface area contributed by atoms with Crippen LogP contribution >= 0.6 is 62.9 Å². The molecular weight excluding hydrogens is 398 g/mol. The van der Waals surface area contributed by atoms with Gasteiger partial charge < -0.3 is 4.89 Å². The fourth-order valence-electron chi connectivity index (χ4n) is 0.476. The van der Waals surface area contributed by atoms with Crippen LogP contribution in [0.4, 0.5) is 0 Å². The predicted octanol–water partition coefficient (Wildman–Crippen LogP) is 3.12. The highest BCUT2D eigenvalue weighted by atomic mass is 79.9. The molecule has 4 nitrogen and oxygen atoms in total. The summed E-state index contributed by atoms with van der Waals surface area (Å²) in [5.74, 6) is 0.143. The highest BCUT2D eigenvalue weighted by molar-refractivity contribution is 9.12. The highest BCUT2D eigenvalue weighted by Gasteiger charge is 2.23. The number of rotatable bonds is 8. The van der Waals surface area contributed by atoms with Crippen molar-refractivity contribution in [2.24, 2.45) is 0 Å². The first-order valence-corrected chi connectivity index (χ1v) is 8.43. The van der Waals surface area contributed by atoms with Gasteiger partial charge in [-0.3, -0.25) is 9.05 Å². The van der Waals surface area contributed by atoms with Gasteiger partial charge in [0.2, 0.25) is 0 Å². The molecule has 0 heterocycles. The third kappa shape index (κ3) is 9.36. The fourth-order valence-corrected chi connectivity index (χ4v) is 2.05. The lowest BCUT2D eigenvalue weighted by Gasteiger charge is -2.14. The fraction of sp³-hybridized carbons (Fsp3) is 1.00. The van der Waals surface area contributed by atoms with Gasteiger partial charge in [-0.05, 0) is 0 Å². The average molecular weight is 409 g/mol. The minimum atomic E-state index is -4.02. The summed E-state index contributed by atoms with van der Waals surface area (Å²) in [6.45, 7) is -0.0625. The lowest BCUT2D eigenvalue weighted by atomic mass is 10.5. The van der Waals surface area contributed by atoms with Crippen molar-refractivity contribution in [1.29, 1.82) is 0 Å². The Hall–Kier alpha value is 1.65. The molecule has 0 aliphatic heterocycles. The molecule has 15 heavy (non-hydrogen) atoms. The molecule has 0 fully saturated rings. The second-order valence-electron chi connectivity index (χ2n) is 2.56. The zero-order chi connectivity index (χ0) is 11.9. The van der Waals surface area contributed by atoms with E-state index in [-0.39, 0.29) is 23.9 Å². The predicted molar refractivity (Wildman–Crippen MR) is 68.6 cm³/mol. The molecule has 0 saturated carbocycles. The number of halogens is 4. The van der Waals surface area contributed by atoms with Crippen LogP contribution in [-0.4, -0.2) is 39.5 Å². The van der Waals surface area contributed by atoms with Crippen molar-refractivity contribution in [3.8, 4) is 0 Å². The molecule has 0 spiro atoms. The van der Waals surface area contributed by atoms with Gasteiger partial charge in [0.25, 0.3) is 0 Å². The lowest BCUT2D eigenvalue weighted by molar-refractivity contribution is 0.153. The number of hydrogen-bond acceptors (Lipinski definition) is 3. The summed E-state index contributed by atoms with van der Waals surface area (Å²) in [6.07, 6.45) is 0. The van der Waals surface area contributed by atoms with Crippen LogP contribution < -0.4 is 0 Å². The summed E-state index contributed by atoms with van der Waals surface area (Å²) in [6, 6.07) is 0. The minimum Gasteiger partial charge on any atom is -0.302 e. The molecule has 0 aliphatic rings. The van der Waals surface area contributed by atoms with E-state index in [9.17, 15) is 9.46 Å². The third-order valence-corrected chi connectivity index (χ3v) is 5.17. The molecule has 0 saturated heterocycles. The van der Waals surface area contributed by atoms with E-state index in [0.717, 1.165) is 0 Å². The van der Waals surface area contributed by atoms with E-state index in [2.05, 4.69) is 40.9 Å². The van der Waals surface area contributed by atoms with Crippen molar-refractivity contribution >= 4 is 62.9 Å². The maximum Gasteiger partial charge on any atom is 0.472 e. The molecule has 3 atom stereocenters. The van der Waals surface area contributed by atoms with Crippen molar-refractivity contribution in [1.82, 2.24) is 0 Å². The van der Waals surface area contributed by atoms with Crippen LogP contribution in [0, 0.1) is 0 Å². The van der Waals surface area contributed by atoms with Gasteiger partial charge in [0, 0.05) is 16.0 Å². The Balaban J connectivity index is 3.81. The second kappa shape index (κ2) is 8.70. The van der Waals surface area contributed by atoms with Crippen LogP contribution in [0.2, 0.25) is 0 Å². The Morgan fingerprint density at radius 1 is 1.40 bits per heavy atom. The molecule has 1 N–H and O–H groups in total. The van der Waals surface area contributed by atoms with E-state index >= 15 is 0 Å². The molecule has 92 valence electrons. The monoisotopic (exact) mass is 406 g/mol. The van der Waals surface area contributed by atoms with Gasteiger partial charge in [-0.15, -0.1) is 23.2 Å². The normalized spacial score (nSPS) is 19.5. The standard InChI is InChI=1S/C6H11Br2Cl2O4P/c7-1-5(8)3-13-15(11,12)14-4-6(10)2-9/h5-6H,1-4H2,(H,11,12). The molecule has 0 aliphatic carbocycles. The first kappa shape index (κ1) is 16.6. The maximum atomic E-state index is 11.2. The largest absolute Gasteiger partial charge is 0.472 e. The van der Waals surface area contributed by atoms with Gasteiger partial charge in [0.05, 0.1) is 18.6 Å². The van der Waals surface area contributed by atoms with Crippen molar-refractivity contribution in [2.75, 3.05) is 24.4 Å². The van der Waals surface area contributed by atoms with Gasteiger partial charge >= 0.3 is 7.82 Å². The van der Waals surface area contributed by atoms with Gasteiger partial charge in [-0.25, -0.2) is 4.57 Å². The summed E-state index contributed by atoms with van der Waals surface area (Å²) in [5.41, 5.74) is 0. The van der Waals surface area contributed by atoms with E-state index in [1.54, 1.807) is 0 Å². The highest BCUT2D eigenvalue weighted by Crippen LogP contribution is 2.43. The molecular formula is C6H11Br2Cl2O4P. The van der Waals surface area contributed by atoms with Crippen molar-refractivity contribution in [3.63, 3.8) is 0 Å². The van der Waals surface area contributed by atoms with Crippen LogP contribution in [0.1, 0.15) is 0 Å². The Bertz CT molecular complexity index is 203. The Labute approximate surface area is 115 Å². The summed E-state index contributed by atoms with van der Waals surface area (Å²) in [4.78, 5) is 9.12. The molecule has 0 rings (SSSR count). The summed E-state index contributed by atoms with van der Waals surface area (Å²) in [7, 11) is -4.02. The van der Waals surface area contributed by atoms with E-state index in [0.29, 0.717) is 5.33 Å².